The molecule has 1 amide bonds. The molecule has 178 valence electrons. The minimum Gasteiger partial charge on any atom is -0.497 e. The molecule has 0 aliphatic carbocycles. The third-order valence-corrected chi connectivity index (χ3v) is 5.29. The summed E-state index contributed by atoms with van der Waals surface area (Å²) in [6.45, 7) is 0.311. The van der Waals surface area contributed by atoms with Gasteiger partial charge in [-0.3, -0.25) is 14.5 Å². The van der Waals surface area contributed by atoms with Crippen molar-refractivity contribution in [3.05, 3.63) is 89.5 Å². The van der Waals surface area contributed by atoms with E-state index in [2.05, 4.69) is 17.4 Å². The van der Waals surface area contributed by atoms with Crippen LogP contribution in [0.15, 0.2) is 72.8 Å². The largest absolute Gasteiger partial charge is 0.497 e. The monoisotopic (exact) mass is 462 g/mol. The van der Waals surface area contributed by atoms with Crippen LogP contribution in [0.3, 0.4) is 0 Å². The standard InChI is InChI=1S/C27H30N2O5/c1-32-23-14-21(15-24(16-23)33-2)17-29(19-27(31)34-3)18-26(30)28-25-12-8-7-11-22(25)13-20-9-5-4-6-10-20/h4-12,14-16H,13,17-19H2,1-3H3,(H,28,30). The predicted octanol–water partition coefficient (Wildman–Crippen LogP) is 3.91. The number of methoxy groups -OCH3 is 3. The van der Waals surface area contributed by atoms with E-state index in [0.717, 1.165) is 22.4 Å². The molecule has 3 rings (SSSR count). The normalized spacial score (nSPS) is 10.6. The van der Waals surface area contributed by atoms with Crippen molar-refractivity contribution in [2.45, 2.75) is 13.0 Å². The van der Waals surface area contributed by atoms with E-state index < -0.39 is 5.97 Å². The van der Waals surface area contributed by atoms with E-state index in [0.29, 0.717) is 24.5 Å². The van der Waals surface area contributed by atoms with Crippen molar-refractivity contribution in [2.24, 2.45) is 0 Å². The first-order valence-electron chi connectivity index (χ1n) is 10.9. The highest BCUT2D eigenvalue weighted by Gasteiger charge is 2.17. The van der Waals surface area contributed by atoms with Crippen LogP contribution in [0.2, 0.25) is 0 Å². The predicted molar refractivity (Wildman–Crippen MR) is 131 cm³/mol. The highest BCUT2D eigenvalue weighted by atomic mass is 16.5. The van der Waals surface area contributed by atoms with Crippen molar-refractivity contribution >= 4 is 17.6 Å². The van der Waals surface area contributed by atoms with E-state index >= 15 is 0 Å². The first-order valence-corrected chi connectivity index (χ1v) is 10.9. The molecule has 0 unspecified atom stereocenters. The zero-order chi connectivity index (χ0) is 24.3. The van der Waals surface area contributed by atoms with Gasteiger partial charge in [0, 0.05) is 18.3 Å². The molecular weight excluding hydrogens is 432 g/mol. The van der Waals surface area contributed by atoms with Gasteiger partial charge in [-0.15, -0.1) is 0 Å². The SMILES string of the molecule is COC(=O)CN(CC(=O)Nc1ccccc1Cc1ccccc1)Cc1cc(OC)cc(OC)c1. The summed E-state index contributed by atoms with van der Waals surface area (Å²) in [6.07, 6.45) is 0.701. The summed E-state index contributed by atoms with van der Waals surface area (Å²) in [6, 6.07) is 23.3. The summed E-state index contributed by atoms with van der Waals surface area (Å²) in [7, 11) is 4.48. The van der Waals surface area contributed by atoms with Gasteiger partial charge in [-0.2, -0.15) is 0 Å². The van der Waals surface area contributed by atoms with Crippen LogP contribution in [0.4, 0.5) is 5.69 Å². The van der Waals surface area contributed by atoms with Gasteiger partial charge >= 0.3 is 5.97 Å². The van der Waals surface area contributed by atoms with Gasteiger partial charge in [-0.25, -0.2) is 0 Å². The number of carbonyl (C=O) groups excluding carboxylic acids is 2. The van der Waals surface area contributed by atoms with E-state index in [9.17, 15) is 9.59 Å². The molecule has 0 fully saturated rings. The summed E-state index contributed by atoms with van der Waals surface area (Å²) >= 11 is 0. The fraction of sp³-hybridized carbons (Fsp3) is 0.259. The zero-order valence-corrected chi connectivity index (χ0v) is 19.7. The maximum absolute atomic E-state index is 13.0. The Labute approximate surface area is 200 Å². The van der Waals surface area contributed by atoms with Crippen LogP contribution < -0.4 is 14.8 Å². The van der Waals surface area contributed by atoms with Gasteiger partial charge < -0.3 is 19.5 Å². The lowest BCUT2D eigenvalue weighted by Gasteiger charge is -2.22. The van der Waals surface area contributed by atoms with Crippen molar-refractivity contribution < 1.29 is 23.8 Å². The number of ether oxygens (including phenoxy) is 3. The number of anilines is 1. The van der Waals surface area contributed by atoms with Crippen molar-refractivity contribution in [1.29, 1.82) is 0 Å². The van der Waals surface area contributed by atoms with Crippen LogP contribution in [0, 0.1) is 0 Å². The van der Waals surface area contributed by atoms with Crippen molar-refractivity contribution in [2.75, 3.05) is 39.7 Å². The van der Waals surface area contributed by atoms with E-state index in [1.54, 1.807) is 25.2 Å². The highest BCUT2D eigenvalue weighted by molar-refractivity contribution is 5.93. The van der Waals surface area contributed by atoms with Gasteiger partial charge in [0.05, 0.1) is 34.4 Å². The third-order valence-electron chi connectivity index (χ3n) is 5.29. The maximum atomic E-state index is 13.0. The lowest BCUT2D eigenvalue weighted by molar-refractivity contribution is -0.142. The van der Waals surface area contributed by atoms with Crippen LogP contribution >= 0.6 is 0 Å². The smallest absolute Gasteiger partial charge is 0.319 e. The average Bonchev–Trinajstić information content (AvgIpc) is 2.85. The van der Waals surface area contributed by atoms with Crippen LogP contribution in [0.5, 0.6) is 11.5 Å². The van der Waals surface area contributed by atoms with Crippen LogP contribution in [0.25, 0.3) is 0 Å². The molecule has 0 aliphatic rings. The molecule has 0 aromatic heterocycles. The van der Waals surface area contributed by atoms with E-state index in [4.69, 9.17) is 14.2 Å². The van der Waals surface area contributed by atoms with Crippen LogP contribution in [-0.2, 0) is 27.3 Å². The quantitative estimate of drug-likeness (QED) is 0.436. The molecular formula is C27H30N2O5. The molecule has 0 saturated heterocycles. The molecule has 3 aromatic rings. The summed E-state index contributed by atoms with van der Waals surface area (Å²) < 4.78 is 15.5. The lowest BCUT2D eigenvalue weighted by atomic mass is 10.0. The summed E-state index contributed by atoms with van der Waals surface area (Å²) in [4.78, 5) is 26.7. The molecule has 0 atom stereocenters. The molecule has 0 bridgehead atoms. The summed E-state index contributed by atoms with van der Waals surface area (Å²) in [5.41, 5.74) is 3.76. The number of para-hydroxylation sites is 1. The second kappa shape index (κ2) is 12.4. The van der Waals surface area contributed by atoms with Gasteiger partial charge in [-0.05, 0) is 41.3 Å². The van der Waals surface area contributed by atoms with E-state index in [1.165, 1.54) is 7.11 Å². The van der Waals surface area contributed by atoms with Crippen molar-refractivity contribution in [1.82, 2.24) is 4.90 Å². The molecule has 7 nitrogen and oxygen atoms in total. The third kappa shape index (κ3) is 7.35. The van der Waals surface area contributed by atoms with Crippen LogP contribution in [-0.4, -0.2) is 51.2 Å². The number of hydrogen-bond acceptors (Lipinski definition) is 6. The lowest BCUT2D eigenvalue weighted by Crippen LogP contribution is -2.37. The zero-order valence-electron chi connectivity index (χ0n) is 19.7. The molecule has 0 spiro atoms. The number of hydrogen-bond donors (Lipinski definition) is 1. The fourth-order valence-corrected chi connectivity index (χ4v) is 3.64. The molecule has 0 aliphatic heterocycles. The molecule has 7 heteroatoms. The maximum Gasteiger partial charge on any atom is 0.319 e. The Kier molecular flexibility index (Phi) is 9.05. The van der Waals surface area contributed by atoms with Gasteiger partial charge in [0.2, 0.25) is 5.91 Å². The number of benzene rings is 3. The number of rotatable bonds is 11. The Bertz CT molecular complexity index is 1080. The molecule has 3 aromatic carbocycles. The minimum atomic E-state index is -0.424. The van der Waals surface area contributed by atoms with Gasteiger partial charge in [0.1, 0.15) is 11.5 Å². The van der Waals surface area contributed by atoms with E-state index in [1.807, 2.05) is 54.6 Å². The Morgan fingerprint density at radius 3 is 2.09 bits per heavy atom. The minimum absolute atomic E-state index is 0.00823. The molecule has 0 heterocycles. The summed E-state index contributed by atoms with van der Waals surface area (Å²) in [5, 5.41) is 3.00. The Hall–Kier alpha value is -3.84. The molecule has 0 radical (unpaired) electrons. The fourth-order valence-electron chi connectivity index (χ4n) is 3.64. The van der Waals surface area contributed by atoms with Gasteiger partial charge in [0.15, 0.2) is 0 Å². The highest BCUT2D eigenvalue weighted by Crippen LogP contribution is 2.24. The second-order valence-corrected chi connectivity index (χ2v) is 7.81. The second-order valence-electron chi connectivity index (χ2n) is 7.81. The Balaban J connectivity index is 1.74. The Morgan fingerprint density at radius 2 is 1.44 bits per heavy atom. The average molecular weight is 463 g/mol. The Morgan fingerprint density at radius 1 is 0.794 bits per heavy atom. The molecule has 34 heavy (non-hydrogen) atoms. The number of carbonyl (C=O) groups is 2. The van der Waals surface area contributed by atoms with Gasteiger partial charge in [-0.1, -0.05) is 48.5 Å². The number of nitrogens with one attached hydrogen (secondary N) is 1. The van der Waals surface area contributed by atoms with Crippen LogP contribution in [0.1, 0.15) is 16.7 Å². The topological polar surface area (TPSA) is 77.1 Å². The van der Waals surface area contributed by atoms with Gasteiger partial charge in [0.25, 0.3) is 0 Å². The first kappa shape index (κ1) is 24.8. The van der Waals surface area contributed by atoms with Crippen molar-refractivity contribution in [3.8, 4) is 11.5 Å². The molecule has 1 N–H and O–H groups in total. The number of amides is 1. The van der Waals surface area contributed by atoms with E-state index in [-0.39, 0.29) is 19.0 Å². The molecule has 0 saturated carbocycles. The van der Waals surface area contributed by atoms with Crippen molar-refractivity contribution in [3.63, 3.8) is 0 Å². The number of esters is 1. The summed E-state index contributed by atoms with van der Waals surface area (Å²) in [5.74, 6) is 0.615. The number of nitrogens with zero attached hydrogens (tertiary/aromatic N) is 1. The first-order chi connectivity index (χ1) is 16.5.